The summed E-state index contributed by atoms with van der Waals surface area (Å²) in [4.78, 5) is 13.1. The second-order valence-corrected chi connectivity index (χ2v) is 6.49. The molecular weight excluding hydrogens is 326 g/mol. The van der Waals surface area contributed by atoms with Crippen LogP contribution in [0.5, 0.6) is 5.75 Å². The first-order valence-corrected chi connectivity index (χ1v) is 8.72. The average molecular weight is 347 g/mol. The quantitative estimate of drug-likeness (QED) is 0.568. The van der Waals surface area contributed by atoms with E-state index in [9.17, 15) is 4.79 Å². The lowest BCUT2D eigenvalue weighted by Gasteiger charge is -2.07. The maximum atomic E-state index is 13.1. The zero-order valence-corrected chi connectivity index (χ0v) is 15.2. The number of fused-ring (bicyclic) bond motifs is 3. The van der Waals surface area contributed by atoms with Crippen LogP contribution in [0.1, 0.15) is 18.1 Å². The molecule has 132 valence electrons. The Bertz CT molecular complexity index is 1170. The molecule has 5 heteroatoms. The number of benzene rings is 2. The summed E-state index contributed by atoms with van der Waals surface area (Å²) in [7, 11) is 3.58. The molecule has 0 unspecified atom stereocenters. The smallest absolute Gasteiger partial charge is 0.291 e. The van der Waals surface area contributed by atoms with E-state index in [2.05, 4.69) is 30.2 Å². The molecule has 2 aromatic heterocycles. The molecule has 0 aliphatic heterocycles. The number of aromatic nitrogens is 3. The Labute approximate surface area is 151 Å². The normalized spacial score (nSPS) is 11.3. The number of rotatable bonds is 4. The minimum atomic E-state index is -0.0814. The Morgan fingerprint density at radius 2 is 1.92 bits per heavy atom. The van der Waals surface area contributed by atoms with Crippen LogP contribution in [0.2, 0.25) is 0 Å². The van der Waals surface area contributed by atoms with E-state index in [4.69, 9.17) is 4.74 Å². The van der Waals surface area contributed by atoms with Gasteiger partial charge in [0.2, 0.25) is 0 Å². The molecule has 0 fully saturated rings. The largest absolute Gasteiger partial charge is 0.497 e. The molecule has 2 aromatic carbocycles. The SMILES string of the molecule is CCc1ccc2c3cnn(Cc4cccc(OC)c4)c(=O)c3n(C)c2c1. The number of hydrogen-bond donors (Lipinski definition) is 0. The van der Waals surface area contributed by atoms with Crippen LogP contribution in [0, 0.1) is 0 Å². The molecule has 5 nitrogen and oxygen atoms in total. The molecule has 0 N–H and O–H groups in total. The molecule has 4 rings (SSSR count). The first-order valence-electron chi connectivity index (χ1n) is 8.72. The van der Waals surface area contributed by atoms with Gasteiger partial charge in [-0.15, -0.1) is 0 Å². The fourth-order valence-electron chi connectivity index (χ4n) is 3.48. The molecule has 4 aromatic rings. The van der Waals surface area contributed by atoms with Gasteiger partial charge in [0, 0.05) is 23.3 Å². The molecule has 0 spiro atoms. The maximum absolute atomic E-state index is 13.1. The number of nitrogens with zero attached hydrogens (tertiary/aromatic N) is 3. The van der Waals surface area contributed by atoms with Crippen molar-refractivity contribution in [3.8, 4) is 5.75 Å². The Kier molecular flexibility index (Phi) is 3.99. The lowest BCUT2D eigenvalue weighted by Crippen LogP contribution is -2.24. The van der Waals surface area contributed by atoms with Gasteiger partial charge in [-0.1, -0.05) is 31.2 Å². The molecule has 0 amide bonds. The Hall–Kier alpha value is -3.08. The highest BCUT2D eigenvalue weighted by atomic mass is 16.5. The molecule has 0 bridgehead atoms. The predicted octanol–water partition coefficient (Wildman–Crippen LogP) is 3.51. The Balaban J connectivity index is 1.87. The lowest BCUT2D eigenvalue weighted by atomic mass is 10.1. The van der Waals surface area contributed by atoms with Crippen LogP contribution in [0.4, 0.5) is 0 Å². The van der Waals surface area contributed by atoms with E-state index in [0.717, 1.165) is 34.0 Å². The highest BCUT2D eigenvalue weighted by Gasteiger charge is 2.14. The summed E-state index contributed by atoms with van der Waals surface area (Å²) < 4.78 is 8.75. The van der Waals surface area contributed by atoms with Gasteiger partial charge < -0.3 is 9.30 Å². The summed E-state index contributed by atoms with van der Waals surface area (Å²) in [6, 6.07) is 14.1. The second-order valence-electron chi connectivity index (χ2n) is 6.49. The van der Waals surface area contributed by atoms with E-state index >= 15 is 0 Å². The third kappa shape index (κ3) is 2.56. The summed E-state index contributed by atoms with van der Waals surface area (Å²) in [5, 5.41) is 6.38. The van der Waals surface area contributed by atoms with Crippen molar-refractivity contribution in [3.05, 3.63) is 70.1 Å². The summed E-state index contributed by atoms with van der Waals surface area (Å²) in [6.45, 7) is 2.54. The van der Waals surface area contributed by atoms with Crippen molar-refractivity contribution in [1.29, 1.82) is 0 Å². The van der Waals surface area contributed by atoms with Crippen LogP contribution in [-0.4, -0.2) is 21.5 Å². The Morgan fingerprint density at radius 3 is 2.69 bits per heavy atom. The van der Waals surface area contributed by atoms with E-state index in [1.807, 2.05) is 35.9 Å². The summed E-state index contributed by atoms with van der Waals surface area (Å²) >= 11 is 0. The highest BCUT2D eigenvalue weighted by molar-refractivity contribution is 6.07. The molecule has 0 radical (unpaired) electrons. The summed E-state index contributed by atoms with van der Waals surface area (Å²) in [6.07, 6.45) is 2.76. The van der Waals surface area contributed by atoms with Gasteiger partial charge in [-0.05, 0) is 35.7 Å². The maximum Gasteiger partial charge on any atom is 0.291 e. The third-order valence-corrected chi connectivity index (χ3v) is 4.94. The fraction of sp³-hybridized carbons (Fsp3) is 0.238. The average Bonchev–Trinajstić information content (AvgIpc) is 2.96. The van der Waals surface area contributed by atoms with Gasteiger partial charge in [-0.25, -0.2) is 4.68 Å². The first kappa shape index (κ1) is 16.4. The van der Waals surface area contributed by atoms with Crippen LogP contribution in [0.15, 0.2) is 53.5 Å². The van der Waals surface area contributed by atoms with Crippen molar-refractivity contribution in [2.24, 2.45) is 7.05 Å². The molecule has 26 heavy (non-hydrogen) atoms. The van der Waals surface area contributed by atoms with Crippen molar-refractivity contribution < 1.29 is 4.74 Å². The van der Waals surface area contributed by atoms with E-state index in [1.165, 1.54) is 10.2 Å². The first-order chi connectivity index (χ1) is 12.6. The van der Waals surface area contributed by atoms with Crippen LogP contribution in [0.25, 0.3) is 21.8 Å². The molecule has 0 aliphatic carbocycles. The minimum Gasteiger partial charge on any atom is -0.497 e. The minimum absolute atomic E-state index is 0.0814. The van der Waals surface area contributed by atoms with Gasteiger partial charge in [-0.2, -0.15) is 5.10 Å². The zero-order valence-electron chi connectivity index (χ0n) is 15.2. The molecular formula is C21H21N3O2. The molecule has 0 saturated carbocycles. The van der Waals surface area contributed by atoms with Crippen molar-refractivity contribution in [2.75, 3.05) is 7.11 Å². The molecule has 2 heterocycles. The van der Waals surface area contributed by atoms with E-state index in [1.54, 1.807) is 13.3 Å². The Morgan fingerprint density at radius 1 is 1.08 bits per heavy atom. The lowest BCUT2D eigenvalue weighted by molar-refractivity contribution is 0.414. The van der Waals surface area contributed by atoms with E-state index in [-0.39, 0.29) is 5.56 Å². The van der Waals surface area contributed by atoms with E-state index < -0.39 is 0 Å². The van der Waals surface area contributed by atoms with Gasteiger partial charge in [0.15, 0.2) is 0 Å². The van der Waals surface area contributed by atoms with E-state index in [0.29, 0.717) is 12.1 Å². The number of ether oxygens (including phenoxy) is 1. The van der Waals surface area contributed by atoms with Crippen LogP contribution < -0.4 is 10.3 Å². The van der Waals surface area contributed by atoms with Crippen molar-refractivity contribution in [3.63, 3.8) is 0 Å². The summed E-state index contributed by atoms with van der Waals surface area (Å²) in [5.74, 6) is 0.772. The van der Waals surface area contributed by atoms with Gasteiger partial charge in [0.1, 0.15) is 11.3 Å². The van der Waals surface area contributed by atoms with Crippen molar-refractivity contribution in [2.45, 2.75) is 19.9 Å². The number of methoxy groups -OCH3 is 1. The highest BCUT2D eigenvalue weighted by Crippen LogP contribution is 2.26. The van der Waals surface area contributed by atoms with Gasteiger partial charge in [0.05, 0.1) is 19.9 Å². The topological polar surface area (TPSA) is 49.1 Å². The van der Waals surface area contributed by atoms with Crippen LogP contribution in [0.3, 0.4) is 0 Å². The molecule has 0 aliphatic rings. The number of hydrogen-bond acceptors (Lipinski definition) is 3. The monoisotopic (exact) mass is 347 g/mol. The summed E-state index contributed by atoms with van der Waals surface area (Å²) in [5.41, 5.74) is 3.91. The molecule has 0 saturated heterocycles. The zero-order chi connectivity index (χ0) is 18.3. The van der Waals surface area contributed by atoms with Crippen molar-refractivity contribution in [1.82, 2.24) is 14.3 Å². The number of aryl methyl sites for hydroxylation is 2. The van der Waals surface area contributed by atoms with Crippen LogP contribution in [-0.2, 0) is 20.0 Å². The van der Waals surface area contributed by atoms with Gasteiger partial charge in [0.25, 0.3) is 5.56 Å². The van der Waals surface area contributed by atoms with Gasteiger partial charge >= 0.3 is 0 Å². The fourth-order valence-corrected chi connectivity index (χ4v) is 3.48. The third-order valence-electron chi connectivity index (χ3n) is 4.94. The standard InChI is InChI=1S/C21H21N3O2/c1-4-14-8-9-17-18-12-22-24(13-15-6-5-7-16(10-15)26-3)21(25)20(18)23(2)19(17)11-14/h5-12H,4,13H2,1-3H3. The van der Waals surface area contributed by atoms with Gasteiger partial charge in [-0.3, -0.25) is 4.79 Å². The predicted molar refractivity (Wildman–Crippen MR) is 104 cm³/mol. The van der Waals surface area contributed by atoms with Crippen LogP contribution >= 0.6 is 0 Å². The van der Waals surface area contributed by atoms with Crippen molar-refractivity contribution >= 4 is 21.8 Å². The molecule has 0 atom stereocenters. The second kappa shape index (κ2) is 6.33.